The van der Waals surface area contributed by atoms with Crippen molar-refractivity contribution in [3.63, 3.8) is 0 Å². The second-order valence-electron chi connectivity index (χ2n) is 11.7. The summed E-state index contributed by atoms with van der Waals surface area (Å²) >= 11 is 17.7. The Morgan fingerprint density at radius 2 is 1.64 bits per heavy atom. The van der Waals surface area contributed by atoms with Gasteiger partial charge in [0.25, 0.3) is 11.8 Å². The second kappa shape index (κ2) is 11.5. The average Bonchev–Trinajstić information content (AvgIpc) is 3.38. The number of imide groups is 2. The second-order valence-corrected chi connectivity index (χ2v) is 13.4. The number of aromatic hydroxyl groups is 1. The lowest BCUT2D eigenvalue weighted by Gasteiger charge is -2.49. The number of ether oxygens (including phenoxy) is 2. The van der Waals surface area contributed by atoms with Crippen molar-refractivity contribution in [2.45, 2.75) is 35.9 Å². The van der Waals surface area contributed by atoms with Crippen LogP contribution in [0.4, 0.5) is 5.69 Å². The molecule has 4 aliphatic rings. The number of hydrogen-bond acceptors (Lipinski definition) is 7. The molecule has 2 heterocycles. The summed E-state index contributed by atoms with van der Waals surface area (Å²) < 4.78 is 10.6. The number of likely N-dealkylation sites (tertiary alicyclic amines) is 1. The van der Waals surface area contributed by atoms with Crippen LogP contribution in [-0.4, -0.2) is 63.1 Å². The summed E-state index contributed by atoms with van der Waals surface area (Å²) in [5, 5.41) is 10.4. The van der Waals surface area contributed by atoms with E-state index in [1.165, 1.54) is 19.1 Å². The number of anilines is 1. The summed E-state index contributed by atoms with van der Waals surface area (Å²) in [7, 11) is 2.82. The maximum absolute atomic E-state index is 14.1. The zero-order chi connectivity index (χ0) is 32.4. The molecule has 2 aliphatic heterocycles. The van der Waals surface area contributed by atoms with Crippen LogP contribution < -0.4 is 14.4 Å². The van der Waals surface area contributed by atoms with Crippen LogP contribution in [0.1, 0.15) is 30.9 Å². The highest BCUT2D eigenvalue weighted by Crippen LogP contribution is 2.63. The number of methoxy groups -OCH3 is 2. The third-order valence-corrected chi connectivity index (χ3v) is 11.6. The van der Waals surface area contributed by atoms with Crippen molar-refractivity contribution in [1.82, 2.24) is 4.90 Å². The predicted octanol–water partition coefficient (Wildman–Crippen LogP) is 5.43. The third-order valence-electron chi connectivity index (χ3n) is 9.66. The van der Waals surface area contributed by atoms with Gasteiger partial charge >= 0.3 is 0 Å². The number of benzene rings is 2. The van der Waals surface area contributed by atoms with Crippen molar-refractivity contribution in [2.75, 3.05) is 24.6 Å². The zero-order valence-corrected chi connectivity index (χ0v) is 27.9. The van der Waals surface area contributed by atoms with E-state index in [0.717, 1.165) is 16.9 Å². The third kappa shape index (κ3) is 4.47. The van der Waals surface area contributed by atoms with Gasteiger partial charge in [-0.25, -0.2) is 0 Å². The summed E-state index contributed by atoms with van der Waals surface area (Å²) in [5.41, 5.74) is 2.70. The van der Waals surface area contributed by atoms with Crippen molar-refractivity contribution >= 4 is 74.5 Å². The van der Waals surface area contributed by atoms with Crippen LogP contribution in [0.5, 0.6) is 17.2 Å². The molecular formula is C33H31BrCl2N2O7. The molecule has 6 atom stereocenters. The molecule has 0 radical (unpaired) electrons. The summed E-state index contributed by atoms with van der Waals surface area (Å²) in [6.07, 6.45) is 6.25. The van der Waals surface area contributed by atoms with Crippen LogP contribution in [0.25, 0.3) is 6.08 Å². The minimum absolute atomic E-state index is 0.0913. The van der Waals surface area contributed by atoms with Gasteiger partial charge in [0.15, 0.2) is 21.2 Å². The number of halogens is 3. The summed E-state index contributed by atoms with van der Waals surface area (Å²) in [5.74, 6) is -4.78. The lowest BCUT2D eigenvalue weighted by atomic mass is 9.57. The van der Waals surface area contributed by atoms with E-state index >= 15 is 0 Å². The van der Waals surface area contributed by atoms with Gasteiger partial charge in [-0.1, -0.05) is 58.8 Å². The van der Waals surface area contributed by atoms with Gasteiger partial charge in [0, 0.05) is 5.92 Å². The number of hydrogen-bond donors (Lipinski definition) is 1. The number of carbonyl (C=O) groups is 4. The fraction of sp³-hybridized carbons (Fsp3) is 0.394. The smallest absolute Gasteiger partial charge is 0.254 e. The van der Waals surface area contributed by atoms with Crippen LogP contribution in [0, 0.1) is 23.7 Å². The number of aryl methyl sites for hydroxylation is 1. The summed E-state index contributed by atoms with van der Waals surface area (Å²) in [6.45, 7) is 2.02. The number of fused-ring (bicyclic) bond motifs is 4. The Morgan fingerprint density at radius 1 is 1.00 bits per heavy atom. The topological polar surface area (TPSA) is 113 Å². The lowest BCUT2D eigenvalue weighted by Crippen LogP contribution is -2.60. The Bertz CT molecular complexity index is 1650. The fourth-order valence-corrected chi connectivity index (χ4v) is 8.73. The summed E-state index contributed by atoms with van der Waals surface area (Å²) in [6, 6.07) is 10.5. The molecule has 12 heteroatoms. The Labute approximate surface area is 278 Å². The van der Waals surface area contributed by atoms with E-state index in [2.05, 4.69) is 15.9 Å². The van der Waals surface area contributed by atoms with Crippen LogP contribution in [0.2, 0.25) is 0 Å². The molecule has 1 N–H and O–H groups in total. The van der Waals surface area contributed by atoms with Gasteiger partial charge < -0.3 is 14.6 Å². The number of allylic oxidation sites excluding steroid dienone is 3. The molecule has 0 spiro atoms. The van der Waals surface area contributed by atoms with Gasteiger partial charge in [-0.05, 0) is 60.6 Å². The van der Waals surface area contributed by atoms with Crippen molar-refractivity contribution in [3.8, 4) is 17.2 Å². The minimum Gasteiger partial charge on any atom is -0.502 e. The molecule has 45 heavy (non-hydrogen) atoms. The first-order chi connectivity index (χ1) is 21.5. The highest BCUT2D eigenvalue weighted by atomic mass is 79.9. The highest BCUT2D eigenvalue weighted by molar-refractivity contribution is 9.09. The molecule has 6 unspecified atom stereocenters. The van der Waals surface area contributed by atoms with Gasteiger partial charge in [0.1, 0.15) is 0 Å². The molecule has 2 aromatic rings. The van der Waals surface area contributed by atoms with Gasteiger partial charge in [-0.2, -0.15) is 0 Å². The molecule has 0 aromatic heterocycles. The van der Waals surface area contributed by atoms with Gasteiger partial charge in [0.05, 0.1) is 37.2 Å². The Kier molecular flexibility index (Phi) is 8.07. The van der Waals surface area contributed by atoms with E-state index in [1.54, 1.807) is 36.4 Å². The van der Waals surface area contributed by atoms with Crippen LogP contribution in [-0.2, 0) is 25.6 Å². The largest absolute Gasteiger partial charge is 0.502 e. The first kappa shape index (κ1) is 31.6. The minimum atomic E-state index is -1.91. The SMILES string of the molecule is CCc1ccc(N2C(=O)C3CC=C4C(CC5(Cl)C(=O)N(CBr)C(=O)C5(Cl)C4C=Cc4cc(OC)c(O)c(OC)c4)C3C2=O)cc1. The fourth-order valence-electron chi connectivity index (χ4n) is 7.35. The zero-order valence-electron chi connectivity index (χ0n) is 24.8. The normalized spacial score (nSPS) is 30.8. The number of phenols is 1. The van der Waals surface area contributed by atoms with Crippen molar-refractivity contribution in [1.29, 1.82) is 0 Å². The van der Waals surface area contributed by atoms with Crippen molar-refractivity contribution < 1.29 is 33.8 Å². The van der Waals surface area contributed by atoms with E-state index in [9.17, 15) is 24.3 Å². The number of alkyl halides is 3. The lowest BCUT2D eigenvalue weighted by molar-refractivity contribution is -0.138. The maximum Gasteiger partial charge on any atom is 0.254 e. The van der Waals surface area contributed by atoms with Crippen LogP contribution in [0.3, 0.4) is 0 Å². The molecule has 2 saturated heterocycles. The first-order valence-electron chi connectivity index (χ1n) is 14.6. The standard InChI is InChI=1S/C33H31BrCl2N2O7/c1-4-17-5-8-19(9-6-17)38-28(40)21-11-10-20-22(26(21)29(38)41)15-32(35)30(42)37(16-34)31(43)33(32,36)23(20)12-7-18-13-24(44-2)27(39)25(14-18)45-3/h5-10,12-14,21-23,26,39H,4,11,15-16H2,1-3H3. The number of rotatable bonds is 7. The van der Waals surface area contributed by atoms with Crippen molar-refractivity contribution in [2.24, 2.45) is 23.7 Å². The quantitative estimate of drug-likeness (QED) is 0.176. The Hall–Kier alpha value is -3.34. The molecule has 1 saturated carbocycles. The molecule has 236 valence electrons. The monoisotopic (exact) mass is 716 g/mol. The number of nitrogens with zero attached hydrogens (tertiary/aromatic N) is 2. The number of carbonyl (C=O) groups excluding carboxylic acids is 4. The molecule has 2 aromatic carbocycles. The predicted molar refractivity (Wildman–Crippen MR) is 173 cm³/mol. The number of amides is 4. The molecule has 4 amide bonds. The van der Waals surface area contributed by atoms with E-state index in [-0.39, 0.29) is 47.4 Å². The van der Waals surface area contributed by atoms with E-state index in [0.29, 0.717) is 16.8 Å². The molecule has 9 nitrogen and oxygen atoms in total. The molecule has 6 rings (SSSR count). The van der Waals surface area contributed by atoms with Gasteiger partial charge in [-0.3, -0.25) is 29.0 Å². The summed E-state index contributed by atoms with van der Waals surface area (Å²) in [4.78, 5) is 54.0. The van der Waals surface area contributed by atoms with Crippen LogP contribution >= 0.6 is 39.1 Å². The average molecular weight is 718 g/mol. The van der Waals surface area contributed by atoms with Gasteiger partial charge in [0.2, 0.25) is 17.6 Å². The molecule has 3 fully saturated rings. The molecule has 0 bridgehead atoms. The Balaban J connectivity index is 1.46. The molecular weight excluding hydrogens is 687 g/mol. The maximum atomic E-state index is 14.1. The Morgan fingerprint density at radius 3 is 2.22 bits per heavy atom. The van der Waals surface area contributed by atoms with Crippen LogP contribution in [0.15, 0.2) is 54.1 Å². The highest BCUT2D eigenvalue weighted by Gasteiger charge is 2.75. The van der Waals surface area contributed by atoms with E-state index in [4.69, 9.17) is 32.7 Å². The molecule has 2 aliphatic carbocycles. The van der Waals surface area contributed by atoms with Gasteiger partial charge in [-0.15, -0.1) is 23.2 Å². The van der Waals surface area contributed by atoms with Crippen molar-refractivity contribution in [3.05, 3.63) is 65.3 Å². The first-order valence-corrected chi connectivity index (χ1v) is 16.4. The van der Waals surface area contributed by atoms with E-state index < -0.39 is 45.2 Å². The van der Waals surface area contributed by atoms with E-state index in [1.807, 2.05) is 25.1 Å². The number of phenolic OH excluding ortho intramolecular Hbond substituents is 1.